The van der Waals surface area contributed by atoms with Crippen molar-refractivity contribution >= 4 is 23.0 Å². The van der Waals surface area contributed by atoms with Gasteiger partial charge in [-0.25, -0.2) is 4.98 Å². The van der Waals surface area contributed by atoms with Crippen molar-refractivity contribution in [2.24, 2.45) is 0 Å². The van der Waals surface area contributed by atoms with Crippen LogP contribution >= 0.6 is 0 Å². The second kappa shape index (κ2) is 7.53. The standard InChI is InChI=1S/C16H18N2O5/c1-3-22-13(19)9-10(16(21)23-4-2)14-15(20)18-12-8-6-5-7-11(12)17-14/h5-8,10H,3-4,9H2,1-2H3,(H,18,20). The van der Waals surface area contributed by atoms with Gasteiger partial charge < -0.3 is 14.5 Å². The van der Waals surface area contributed by atoms with Crippen LogP contribution in [0.2, 0.25) is 0 Å². The van der Waals surface area contributed by atoms with Crippen molar-refractivity contribution in [3.05, 3.63) is 40.3 Å². The number of nitrogens with one attached hydrogen (secondary N) is 1. The summed E-state index contributed by atoms with van der Waals surface area (Å²) in [7, 11) is 0. The van der Waals surface area contributed by atoms with Crippen LogP contribution in [-0.2, 0) is 19.1 Å². The molecule has 122 valence electrons. The van der Waals surface area contributed by atoms with Crippen molar-refractivity contribution in [3.8, 4) is 0 Å². The molecule has 0 amide bonds. The van der Waals surface area contributed by atoms with E-state index in [2.05, 4.69) is 9.97 Å². The first-order valence-corrected chi connectivity index (χ1v) is 7.38. The van der Waals surface area contributed by atoms with E-state index >= 15 is 0 Å². The topological polar surface area (TPSA) is 98.3 Å². The lowest BCUT2D eigenvalue weighted by molar-refractivity contribution is -0.151. The first-order chi connectivity index (χ1) is 11.1. The fraction of sp³-hybridized carbons (Fsp3) is 0.375. The molecule has 23 heavy (non-hydrogen) atoms. The minimum Gasteiger partial charge on any atom is -0.466 e. The van der Waals surface area contributed by atoms with Crippen LogP contribution in [-0.4, -0.2) is 35.1 Å². The van der Waals surface area contributed by atoms with E-state index < -0.39 is 23.4 Å². The van der Waals surface area contributed by atoms with Gasteiger partial charge in [-0.15, -0.1) is 0 Å². The Morgan fingerprint density at radius 1 is 1.17 bits per heavy atom. The fourth-order valence-electron chi connectivity index (χ4n) is 2.20. The molecule has 1 N–H and O–H groups in total. The number of fused-ring (bicyclic) bond motifs is 1. The van der Waals surface area contributed by atoms with Gasteiger partial charge in [0.1, 0.15) is 11.6 Å². The molecule has 0 spiro atoms. The minimum atomic E-state index is -1.10. The summed E-state index contributed by atoms with van der Waals surface area (Å²) >= 11 is 0. The minimum absolute atomic E-state index is 0.0461. The molecule has 0 saturated heterocycles. The molecule has 1 atom stereocenters. The molecule has 0 saturated carbocycles. The van der Waals surface area contributed by atoms with E-state index in [1.807, 2.05) is 0 Å². The van der Waals surface area contributed by atoms with Crippen LogP contribution in [0, 0.1) is 0 Å². The highest BCUT2D eigenvalue weighted by molar-refractivity contribution is 5.84. The molecule has 1 heterocycles. The second-order valence-electron chi connectivity index (χ2n) is 4.78. The Hall–Kier alpha value is -2.70. The molecule has 7 nitrogen and oxygen atoms in total. The number of esters is 2. The van der Waals surface area contributed by atoms with Crippen molar-refractivity contribution in [1.82, 2.24) is 9.97 Å². The van der Waals surface area contributed by atoms with Gasteiger partial charge in [0.25, 0.3) is 5.56 Å². The van der Waals surface area contributed by atoms with Crippen LogP contribution < -0.4 is 5.56 Å². The summed E-state index contributed by atoms with van der Waals surface area (Å²) in [5, 5.41) is 0. The molecule has 1 aromatic heterocycles. The van der Waals surface area contributed by atoms with Gasteiger partial charge >= 0.3 is 11.9 Å². The van der Waals surface area contributed by atoms with Crippen LogP contribution in [0.5, 0.6) is 0 Å². The van der Waals surface area contributed by atoms with Gasteiger partial charge in [-0.3, -0.25) is 14.4 Å². The molecule has 1 aromatic carbocycles. The van der Waals surface area contributed by atoms with Crippen LogP contribution in [0.3, 0.4) is 0 Å². The van der Waals surface area contributed by atoms with E-state index in [0.717, 1.165) is 0 Å². The number of aromatic amines is 1. The van der Waals surface area contributed by atoms with E-state index in [0.29, 0.717) is 11.0 Å². The van der Waals surface area contributed by atoms with Crippen molar-refractivity contribution in [2.75, 3.05) is 13.2 Å². The predicted molar refractivity (Wildman–Crippen MR) is 83.0 cm³/mol. The Kier molecular flexibility index (Phi) is 5.46. The third-order valence-corrected chi connectivity index (χ3v) is 3.20. The summed E-state index contributed by atoms with van der Waals surface area (Å²) in [6.45, 7) is 3.65. The largest absolute Gasteiger partial charge is 0.466 e. The van der Waals surface area contributed by atoms with Gasteiger partial charge in [0.2, 0.25) is 0 Å². The van der Waals surface area contributed by atoms with E-state index in [9.17, 15) is 14.4 Å². The zero-order valence-electron chi connectivity index (χ0n) is 13.0. The number of aromatic nitrogens is 2. The maximum Gasteiger partial charge on any atom is 0.315 e. The van der Waals surface area contributed by atoms with Crippen LogP contribution in [0.4, 0.5) is 0 Å². The van der Waals surface area contributed by atoms with E-state index in [4.69, 9.17) is 9.47 Å². The van der Waals surface area contributed by atoms with Gasteiger partial charge in [0.15, 0.2) is 0 Å². The van der Waals surface area contributed by atoms with Crippen LogP contribution in [0.15, 0.2) is 29.1 Å². The number of hydrogen-bond acceptors (Lipinski definition) is 6. The third-order valence-electron chi connectivity index (χ3n) is 3.20. The number of ether oxygens (including phenoxy) is 2. The second-order valence-corrected chi connectivity index (χ2v) is 4.78. The Labute approximate surface area is 132 Å². The van der Waals surface area contributed by atoms with E-state index in [1.165, 1.54) is 0 Å². The molecule has 7 heteroatoms. The first kappa shape index (κ1) is 16.7. The molecule has 0 fully saturated rings. The monoisotopic (exact) mass is 318 g/mol. The highest BCUT2D eigenvalue weighted by atomic mass is 16.5. The quantitative estimate of drug-likeness (QED) is 0.811. The van der Waals surface area contributed by atoms with Crippen molar-refractivity contribution < 1.29 is 19.1 Å². The number of para-hydroxylation sites is 2. The van der Waals surface area contributed by atoms with Crippen LogP contribution in [0.1, 0.15) is 31.9 Å². The smallest absolute Gasteiger partial charge is 0.315 e. The summed E-state index contributed by atoms with van der Waals surface area (Å²) < 4.78 is 9.83. The van der Waals surface area contributed by atoms with Gasteiger partial charge in [0, 0.05) is 0 Å². The van der Waals surface area contributed by atoms with Gasteiger partial charge in [-0.1, -0.05) is 12.1 Å². The summed E-state index contributed by atoms with van der Waals surface area (Å²) in [6, 6.07) is 6.95. The maximum absolute atomic E-state index is 12.2. The van der Waals surface area contributed by atoms with E-state index in [-0.39, 0.29) is 25.3 Å². The Balaban J connectivity index is 2.45. The number of benzene rings is 1. The fourth-order valence-corrected chi connectivity index (χ4v) is 2.20. The van der Waals surface area contributed by atoms with Crippen molar-refractivity contribution in [3.63, 3.8) is 0 Å². The summed E-state index contributed by atoms with van der Waals surface area (Å²) in [5.74, 6) is -2.35. The molecule has 0 bridgehead atoms. The highest BCUT2D eigenvalue weighted by Gasteiger charge is 2.30. The number of hydrogen-bond donors (Lipinski definition) is 1. The van der Waals surface area contributed by atoms with Gasteiger partial charge in [-0.2, -0.15) is 0 Å². The summed E-state index contributed by atoms with van der Waals surface area (Å²) in [6.07, 6.45) is -0.291. The van der Waals surface area contributed by atoms with Gasteiger partial charge in [0.05, 0.1) is 30.7 Å². The molecule has 2 rings (SSSR count). The highest BCUT2D eigenvalue weighted by Crippen LogP contribution is 2.19. The van der Waals surface area contributed by atoms with E-state index in [1.54, 1.807) is 38.1 Å². The number of rotatable bonds is 6. The molecule has 0 aliphatic heterocycles. The molecular formula is C16H18N2O5. The van der Waals surface area contributed by atoms with Crippen molar-refractivity contribution in [1.29, 1.82) is 0 Å². The number of carbonyl (C=O) groups excluding carboxylic acids is 2. The number of H-pyrrole nitrogens is 1. The first-order valence-electron chi connectivity index (χ1n) is 7.38. The molecule has 1 unspecified atom stereocenters. The summed E-state index contributed by atoms with van der Waals surface area (Å²) in [4.78, 5) is 43.0. The predicted octanol–water partition coefficient (Wildman–Crippen LogP) is 1.52. The normalized spacial score (nSPS) is 11.9. The summed E-state index contributed by atoms with van der Waals surface area (Å²) in [5.41, 5.74) is 0.515. The SMILES string of the molecule is CCOC(=O)CC(C(=O)OCC)c1nc2ccccc2[nH]c1=O. The number of nitrogens with zero attached hydrogens (tertiary/aromatic N) is 1. The maximum atomic E-state index is 12.2. The zero-order chi connectivity index (χ0) is 16.8. The Morgan fingerprint density at radius 2 is 1.87 bits per heavy atom. The molecule has 0 aliphatic carbocycles. The average Bonchev–Trinajstić information content (AvgIpc) is 2.52. The lowest BCUT2D eigenvalue weighted by Crippen LogP contribution is -2.28. The molecule has 2 aromatic rings. The number of carbonyl (C=O) groups is 2. The van der Waals surface area contributed by atoms with Crippen LogP contribution in [0.25, 0.3) is 11.0 Å². The molecule has 0 radical (unpaired) electrons. The third kappa shape index (κ3) is 3.94. The molecular weight excluding hydrogens is 300 g/mol. The lowest BCUT2D eigenvalue weighted by atomic mass is 10.0. The van der Waals surface area contributed by atoms with Crippen molar-refractivity contribution in [2.45, 2.75) is 26.2 Å². The average molecular weight is 318 g/mol. The lowest BCUT2D eigenvalue weighted by Gasteiger charge is -2.14. The Bertz CT molecular complexity index is 768. The molecule has 0 aliphatic rings. The zero-order valence-corrected chi connectivity index (χ0v) is 13.0. The van der Waals surface area contributed by atoms with Gasteiger partial charge in [-0.05, 0) is 26.0 Å². The Morgan fingerprint density at radius 3 is 2.57 bits per heavy atom.